The number of esters is 1. The van der Waals surface area contributed by atoms with Crippen molar-refractivity contribution in [1.82, 2.24) is 5.32 Å². The Labute approximate surface area is 266 Å². The fourth-order valence-corrected chi connectivity index (χ4v) is 5.00. The summed E-state index contributed by atoms with van der Waals surface area (Å²) >= 11 is 23.4. The monoisotopic (exact) mass is 661 g/mol. The van der Waals surface area contributed by atoms with Crippen molar-refractivity contribution in [3.8, 4) is 5.75 Å². The Morgan fingerprint density at radius 2 is 1.83 bits per heavy atom. The number of carbonyl (C=O) groups excluding carboxylic acids is 2. The first-order valence-corrected chi connectivity index (χ1v) is 14.8. The average molecular weight is 663 g/mol. The number of aliphatic hydroxyl groups excluding tert-OH is 1. The van der Waals surface area contributed by atoms with Gasteiger partial charge in [-0.3, -0.25) is 4.79 Å². The zero-order valence-electron chi connectivity index (χ0n) is 23.7. The van der Waals surface area contributed by atoms with Gasteiger partial charge in [-0.05, 0) is 49.6 Å². The van der Waals surface area contributed by atoms with Gasteiger partial charge in [0.15, 0.2) is 5.79 Å². The molecule has 42 heavy (non-hydrogen) atoms. The number of amides is 1. The van der Waals surface area contributed by atoms with Crippen LogP contribution in [0.3, 0.4) is 0 Å². The van der Waals surface area contributed by atoms with E-state index in [1.54, 1.807) is 18.2 Å². The normalized spacial score (nSPS) is 20.6. The van der Waals surface area contributed by atoms with Crippen LogP contribution in [-0.2, 0) is 30.2 Å². The van der Waals surface area contributed by atoms with E-state index >= 15 is 0 Å². The number of alkyl halides is 3. The summed E-state index contributed by atoms with van der Waals surface area (Å²) in [6.45, 7) is 5.04. The molecule has 1 heterocycles. The van der Waals surface area contributed by atoms with Crippen LogP contribution in [0.5, 0.6) is 5.75 Å². The topological polar surface area (TPSA) is 103 Å². The molecule has 0 unspecified atom stereocenters. The van der Waals surface area contributed by atoms with Crippen LogP contribution in [0.1, 0.15) is 44.4 Å². The number of carbonyl (C=O) groups is 2. The number of nitrogens with one attached hydrogen (secondary N) is 1. The number of aliphatic hydroxyl groups is 1. The summed E-state index contributed by atoms with van der Waals surface area (Å²) in [7, 11) is 1.49. The zero-order valence-corrected chi connectivity index (χ0v) is 26.7. The molecule has 0 radical (unpaired) electrons. The second kappa shape index (κ2) is 15.1. The van der Waals surface area contributed by atoms with Crippen LogP contribution in [0, 0.1) is 5.92 Å². The van der Waals surface area contributed by atoms with Crippen molar-refractivity contribution in [2.45, 2.75) is 67.5 Å². The Morgan fingerprint density at radius 3 is 2.45 bits per heavy atom. The van der Waals surface area contributed by atoms with Gasteiger partial charge in [0.1, 0.15) is 24.5 Å². The van der Waals surface area contributed by atoms with Gasteiger partial charge in [-0.25, -0.2) is 4.79 Å². The standard InChI is InChI=1S/C30H35Cl4NO7/c1-18(26-27(42-29(2,3)41-26)20-9-6-5-7-10-20)23(36)11-8-12-25(37)35-22(28(38)40-17-30(32,33)34)16-19-13-14-24(39-4)21(31)15-19/h5-10,12-15,18,22-23,26-27,36H,11,16-17H2,1-4H3,(H,35,37)/b12-8+/t18-,22+,23-,26+,27+/m0/s1. The molecule has 2 N–H and O–H groups in total. The first-order valence-electron chi connectivity index (χ1n) is 13.3. The largest absolute Gasteiger partial charge is 0.495 e. The Kier molecular flexibility index (Phi) is 12.4. The fourth-order valence-electron chi connectivity index (χ4n) is 4.56. The van der Waals surface area contributed by atoms with E-state index in [9.17, 15) is 14.7 Å². The first kappa shape index (κ1) is 34.5. The molecule has 2 aromatic rings. The van der Waals surface area contributed by atoms with E-state index in [0.717, 1.165) is 5.56 Å². The highest BCUT2D eigenvalue weighted by atomic mass is 35.6. The number of rotatable bonds is 12. The van der Waals surface area contributed by atoms with Crippen molar-refractivity contribution in [3.63, 3.8) is 0 Å². The fraction of sp³-hybridized carbons (Fsp3) is 0.467. The Hall–Kier alpha value is -2.04. The lowest BCUT2D eigenvalue weighted by Crippen LogP contribution is -2.43. The second-order valence-electron chi connectivity index (χ2n) is 10.5. The lowest BCUT2D eigenvalue weighted by atomic mass is 9.89. The maximum absolute atomic E-state index is 12.8. The van der Waals surface area contributed by atoms with Gasteiger partial charge in [-0.1, -0.05) is 95.8 Å². The smallest absolute Gasteiger partial charge is 0.329 e. The third-order valence-corrected chi connectivity index (χ3v) is 7.29. The van der Waals surface area contributed by atoms with Gasteiger partial charge in [0.05, 0.1) is 24.3 Å². The van der Waals surface area contributed by atoms with Crippen molar-refractivity contribution in [2.75, 3.05) is 13.7 Å². The van der Waals surface area contributed by atoms with Crippen LogP contribution < -0.4 is 10.1 Å². The molecular formula is C30H35Cl4NO7. The third kappa shape index (κ3) is 10.3. The molecule has 1 aliphatic heterocycles. The summed E-state index contributed by atoms with van der Waals surface area (Å²) in [6.07, 6.45) is 1.38. The predicted octanol–water partition coefficient (Wildman–Crippen LogP) is 6.13. The molecule has 1 aliphatic rings. The van der Waals surface area contributed by atoms with Gasteiger partial charge >= 0.3 is 5.97 Å². The summed E-state index contributed by atoms with van der Waals surface area (Å²) in [5, 5.41) is 13.9. The molecule has 8 nitrogen and oxygen atoms in total. The molecule has 230 valence electrons. The highest BCUT2D eigenvalue weighted by Crippen LogP contribution is 2.42. The van der Waals surface area contributed by atoms with Crippen molar-refractivity contribution in [2.24, 2.45) is 5.92 Å². The zero-order chi connectivity index (χ0) is 31.1. The molecule has 2 aromatic carbocycles. The van der Waals surface area contributed by atoms with E-state index in [2.05, 4.69) is 5.32 Å². The first-order chi connectivity index (χ1) is 19.7. The quantitative estimate of drug-likeness (QED) is 0.160. The number of halogens is 4. The molecule has 3 rings (SSSR count). The van der Waals surface area contributed by atoms with Crippen molar-refractivity contribution >= 4 is 58.3 Å². The minimum absolute atomic E-state index is 0.0529. The van der Waals surface area contributed by atoms with Gasteiger partial charge in [0.2, 0.25) is 9.70 Å². The Morgan fingerprint density at radius 1 is 1.14 bits per heavy atom. The van der Waals surface area contributed by atoms with Crippen molar-refractivity contribution in [3.05, 3.63) is 76.8 Å². The van der Waals surface area contributed by atoms with Gasteiger partial charge in [0.25, 0.3) is 0 Å². The van der Waals surface area contributed by atoms with E-state index in [0.29, 0.717) is 16.3 Å². The van der Waals surface area contributed by atoms with Crippen molar-refractivity contribution < 1.29 is 33.6 Å². The molecule has 5 atom stereocenters. The van der Waals surface area contributed by atoms with Gasteiger partial charge < -0.3 is 29.4 Å². The second-order valence-corrected chi connectivity index (χ2v) is 13.4. The van der Waals surface area contributed by atoms with Crippen LogP contribution in [0.15, 0.2) is 60.7 Å². The maximum Gasteiger partial charge on any atom is 0.329 e. The van der Waals surface area contributed by atoms with E-state index in [1.807, 2.05) is 51.1 Å². The molecule has 1 fully saturated rings. The number of benzene rings is 2. The van der Waals surface area contributed by atoms with Gasteiger partial charge in [0, 0.05) is 12.3 Å². The predicted molar refractivity (Wildman–Crippen MR) is 163 cm³/mol. The summed E-state index contributed by atoms with van der Waals surface area (Å²) in [6, 6.07) is 13.5. The summed E-state index contributed by atoms with van der Waals surface area (Å²) in [5.41, 5.74) is 1.59. The highest BCUT2D eigenvalue weighted by molar-refractivity contribution is 6.67. The molecule has 0 aliphatic carbocycles. The SMILES string of the molecule is COc1ccc(C[C@@H](NC(=O)/C=C/C[C@H](O)[C@H](C)[C@H]2OC(C)(C)O[C@@H]2c2ccccc2)C(=O)OCC(Cl)(Cl)Cl)cc1Cl. The van der Waals surface area contributed by atoms with E-state index in [1.165, 1.54) is 19.3 Å². The van der Waals surface area contributed by atoms with Crippen LogP contribution >= 0.6 is 46.4 Å². The molecule has 12 heteroatoms. The molecular weight excluding hydrogens is 628 g/mol. The Balaban J connectivity index is 1.64. The lowest BCUT2D eigenvalue weighted by Gasteiger charge is -2.27. The minimum Gasteiger partial charge on any atom is -0.495 e. The third-order valence-electron chi connectivity index (χ3n) is 6.66. The highest BCUT2D eigenvalue weighted by Gasteiger charge is 2.46. The lowest BCUT2D eigenvalue weighted by molar-refractivity contribution is -0.153. The number of ether oxygens (including phenoxy) is 4. The molecule has 0 spiro atoms. The van der Waals surface area contributed by atoms with Crippen LogP contribution in [-0.4, -0.2) is 58.5 Å². The maximum atomic E-state index is 12.8. The van der Waals surface area contributed by atoms with E-state index < -0.39 is 46.3 Å². The number of hydrogen-bond donors (Lipinski definition) is 2. The average Bonchev–Trinajstić information content (AvgIpc) is 3.26. The van der Waals surface area contributed by atoms with Crippen LogP contribution in [0.25, 0.3) is 0 Å². The van der Waals surface area contributed by atoms with E-state index in [-0.39, 0.29) is 24.9 Å². The number of methoxy groups -OCH3 is 1. The summed E-state index contributed by atoms with van der Waals surface area (Å²) in [4.78, 5) is 25.6. The number of hydrogen-bond acceptors (Lipinski definition) is 7. The van der Waals surface area contributed by atoms with Crippen molar-refractivity contribution in [1.29, 1.82) is 0 Å². The minimum atomic E-state index is -1.82. The van der Waals surface area contributed by atoms with Gasteiger partial charge in [-0.15, -0.1) is 0 Å². The molecule has 0 aromatic heterocycles. The molecule has 1 amide bonds. The molecule has 0 saturated carbocycles. The molecule has 1 saturated heterocycles. The van der Waals surface area contributed by atoms with E-state index in [4.69, 9.17) is 65.4 Å². The van der Waals surface area contributed by atoms with Crippen LogP contribution in [0.2, 0.25) is 5.02 Å². The molecule has 0 bridgehead atoms. The summed E-state index contributed by atoms with van der Waals surface area (Å²) in [5.74, 6) is -2.05. The van der Waals surface area contributed by atoms with Gasteiger partial charge in [-0.2, -0.15) is 0 Å². The Bertz CT molecular complexity index is 1240. The summed E-state index contributed by atoms with van der Waals surface area (Å²) < 4.78 is 20.7. The van der Waals surface area contributed by atoms with Crippen LogP contribution in [0.4, 0.5) is 0 Å².